The second kappa shape index (κ2) is 47.1. The molecule has 336 valence electrons. The molecule has 0 amide bonds. The van der Waals surface area contributed by atoms with Crippen molar-refractivity contribution in [2.24, 2.45) is 0 Å². The van der Waals surface area contributed by atoms with Gasteiger partial charge in [0.15, 0.2) is 6.10 Å². The molecule has 0 fully saturated rings. The van der Waals surface area contributed by atoms with E-state index in [0.29, 0.717) is 19.3 Å². The first-order valence-corrected chi connectivity index (χ1v) is 24.7. The van der Waals surface area contributed by atoms with Crippen LogP contribution in [0.2, 0.25) is 0 Å². The molecule has 0 aromatic rings. The van der Waals surface area contributed by atoms with Crippen molar-refractivity contribution in [3.05, 3.63) is 48.6 Å². The Balaban J connectivity index is 4.37. The molecule has 6 nitrogen and oxygen atoms in total. The fourth-order valence-electron chi connectivity index (χ4n) is 6.84. The summed E-state index contributed by atoms with van der Waals surface area (Å²) >= 11 is 0. The molecule has 0 radical (unpaired) electrons. The van der Waals surface area contributed by atoms with Crippen LogP contribution >= 0.6 is 0 Å². The smallest absolute Gasteiger partial charge is 0.306 e. The van der Waals surface area contributed by atoms with Gasteiger partial charge >= 0.3 is 17.9 Å². The first kappa shape index (κ1) is 55.4. The van der Waals surface area contributed by atoms with Crippen molar-refractivity contribution in [1.82, 2.24) is 0 Å². The minimum absolute atomic E-state index is 0.0816. The second-order valence-electron chi connectivity index (χ2n) is 16.4. The summed E-state index contributed by atoms with van der Waals surface area (Å²) in [5.74, 6) is -0.909. The van der Waals surface area contributed by atoms with E-state index in [4.69, 9.17) is 14.2 Å². The minimum Gasteiger partial charge on any atom is -0.462 e. The predicted octanol–water partition coefficient (Wildman–Crippen LogP) is 15.9. The van der Waals surface area contributed by atoms with E-state index in [2.05, 4.69) is 69.4 Å². The van der Waals surface area contributed by atoms with Crippen LogP contribution in [-0.2, 0) is 28.6 Å². The molecule has 0 saturated heterocycles. The lowest BCUT2D eigenvalue weighted by Gasteiger charge is -2.18. The number of unbranched alkanes of at least 4 members (excludes halogenated alkanes) is 27. The topological polar surface area (TPSA) is 78.9 Å². The van der Waals surface area contributed by atoms with Crippen LogP contribution < -0.4 is 0 Å². The quantitative estimate of drug-likeness (QED) is 0.0200. The van der Waals surface area contributed by atoms with Gasteiger partial charge in [0.2, 0.25) is 0 Å². The van der Waals surface area contributed by atoms with E-state index >= 15 is 0 Å². The van der Waals surface area contributed by atoms with Crippen LogP contribution in [0.1, 0.15) is 245 Å². The van der Waals surface area contributed by atoms with Gasteiger partial charge in [-0.05, 0) is 64.2 Å². The van der Waals surface area contributed by atoms with E-state index in [1.54, 1.807) is 0 Å². The van der Waals surface area contributed by atoms with Crippen molar-refractivity contribution in [2.45, 2.75) is 252 Å². The Bertz CT molecular complexity index is 1030. The number of carbonyl (C=O) groups is 3. The summed E-state index contributed by atoms with van der Waals surface area (Å²) < 4.78 is 16.7. The maximum atomic E-state index is 12.7. The number of carbonyl (C=O) groups excluding carboxylic acids is 3. The highest BCUT2D eigenvalue weighted by atomic mass is 16.6. The third-order valence-electron chi connectivity index (χ3n) is 10.6. The maximum Gasteiger partial charge on any atom is 0.306 e. The molecule has 0 bridgehead atoms. The summed E-state index contributed by atoms with van der Waals surface area (Å²) in [7, 11) is 0. The Morgan fingerprint density at radius 2 is 0.655 bits per heavy atom. The highest BCUT2D eigenvalue weighted by molar-refractivity contribution is 5.71. The zero-order valence-electron chi connectivity index (χ0n) is 38.3. The fourth-order valence-corrected chi connectivity index (χ4v) is 6.84. The maximum absolute atomic E-state index is 12.7. The second-order valence-corrected chi connectivity index (χ2v) is 16.4. The van der Waals surface area contributed by atoms with Gasteiger partial charge in [-0.1, -0.05) is 211 Å². The molecule has 0 aliphatic heterocycles. The van der Waals surface area contributed by atoms with Crippen LogP contribution in [0.5, 0.6) is 0 Å². The average molecular weight is 813 g/mol. The van der Waals surface area contributed by atoms with Crippen molar-refractivity contribution >= 4 is 17.9 Å². The van der Waals surface area contributed by atoms with Crippen molar-refractivity contribution < 1.29 is 28.6 Å². The lowest BCUT2D eigenvalue weighted by Crippen LogP contribution is -2.30. The SMILES string of the molecule is CCCC/C=C\CCCCCCCC(=O)OC(COC(=O)CCCCCCC\C=C/C=C\C=C/CCCCCCC)COC(=O)CCCCCCCCCCCCC. The predicted molar refractivity (Wildman–Crippen MR) is 247 cm³/mol. The van der Waals surface area contributed by atoms with Gasteiger partial charge in [0.25, 0.3) is 0 Å². The zero-order chi connectivity index (χ0) is 42.3. The number of esters is 3. The van der Waals surface area contributed by atoms with Crippen LogP contribution in [0.4, 0.5) is 0 Å². The zero-order valence-corrected chi connectivity index (χ0v) is 38.3. The molecule has 0 rings (SSSR count). The van der Waals surface area contributed by atoms with Crippen LogP contribution in [0.15, 0.2) is 48.6 Å². The normalized spacial score (nSPS) is 12.4. The summed E-state index contributed by atoms with van der Waals surface area (Å²) in [6, 6.07) is 0. The number of ether oxygens (including phenoxy) is 3. The molecule has 58 heavy (non-hydrogen) atoms. The monoisotopic (exact) mass is 813 g/mol. The Morgan fingerprint density at radius 3 is 1.05 bits per heavy atom. The summed E-state index contributed by atoms with van der Waals surface area (Å²) in [6.45, 7) is 6.55. The average Bonchev–Trinajstić information content (AvgIpc) is 3.22. The van der Waals surface area contributed by atoms with Crippen LogP contribution in [0.25, 0.3) is 0 Å². The molecule has 1 unspecified atom stereocenters. The Hall–Kier alpha value is -2.63. The first-order valence-electron chi connectivity index (χ1n) is 24.7. The van der Waals surface area contributed by atoms with Gasteiger partial charge in [0.1, 0.15) is 13.2 Å². The third-order valence-corrected chi connectivity index (χ3v) is 10.6. The molecule has 0 N–H and O–H groups in total. The Kier molecular flexibility index (Phi) is 44.9. The van der Waals surface area contributed by atoms with E-state index < -0.39 is 6.10 Å². The van der Waals surface area contributed by atoms with Gasteiger partial charge < -0.3 is 14.2 Å². The molecular formula is C52H92O6. The van der Waals surface area contributed by atoms with Gasteiger partial charge in [0.05, 0.1) is 0 Å². The van der Waals surface area contributed by atoms with E-state index in [-0.39, 0.29) is 31.1 Å². The highest BCUT2D eigenvalue weighted by Crippen LogP contribution is 2.14. The van der Waals surface area contributed by atoms with Crippen LogP contribution in [-0.4, -0.2) is 37.2 Å². The van der Waals surface area contributed by atoms with Crippen molar-refractivity contribution in [3.63, 3.8) is 0 Å². The van der Waals surface area contributed by atoms with Crippen LogP contribution in [0.3, 0.4) is 0 Å². The Labute approximate surface area is 358 Å². The lowest BCUT2D eigenvalue weighted by atomic mass is 10.1. The molecule has 0 aliphatic rings. The summed E-state index contributed by atoms with van der Waals surface area (Å²) in [5, 5.41) is 0. The fraction of sp³-hybridized carbons (Fsp3) is 0.788. The van der Waals surface area contributed by atoms with Crippen molar-refractivity contribution in [3.8, 4) is 0 Å². The number of allylic oxidation sites excluding steroid dienone is 8. The van der Waals surface area contributed by atoms with Crippen LogP contribution in [0, 0.1) is 0 Å². The molecule has 0 aromatic heterocycles. The lowest BCUT2D eigenvalue weighted by molar-refractivity contribution is -0.167. The Morgan fingerprint density at radius 1 is 0.345 bits per heavy atom. The molecule has 0 aliphatic carbocycles. The van der Waals surface area contributed by atoms with E-state index in [9.17, 15) is 14.4 Å². The molecule has 0 spiro atoms. The van der Waals surface area contributed by atoms with E-state index in [1.807, 2.05) is 0 Å². The number of rotatable bonds is 44. The van der Waals surface area contributed by atoms with Crippen molar-refractivity contribution in [1.29, 1.82) is 0 Å². The van der Waals surface area contributed by atoms with E-state index in [0.717, 1.165) is 89.9 Å². The summed E-state index contributed by atoms with van der Waals surface area (Å²) in [4.78, 5) is 37.8. The molecule has 0 aromatic carbocycles. The largest absolute Gasteiger partial charge is 0.462 e. The molecule has 0 saturated carbocycles. The van der Waals surface area contributed by atoms with Gasteiger partial charge in [0, 0.05) is 19.3 Å². The highest BCUT2D eigenvalue weighted by Gasteiger charge is 2.19. The van der Waals surface area contributed by atoms with Gasteiger partial charge in [-0.3, -0.25) is 14.4 Å². The minimum atomic E-state index is -0.781. The van der Waals surface area contributed by atoms with E-state index in [1.165, 1.54) is 116 Å². The molecule has 0 heterocycles. The summed E-state index contributed by atoms with van der Waals surface area (Å²) in [6.07, 6.45) is 55.2. The number of hydrogen-bond acceptors (Lipinski definition) is 6. The standard InChI is InChI=1S/C52H92O6/c1-4-7-10-13-16-19-22-23-24-25-26-27-28-31-33-36-39-42-45-51(54)57-48-49(58-52(55)46-43-40-37-34-30-21-18-15-12-9-6-3)47-56-50(53)44-41-38-35-32-29-20-17-14-11-8-5-2/h15,18,22-27,49H,4-14,16-17,19-21,28-48H2,1-3H3/b18-15-,23-22-,25-24-,27-26-. The van der Waals surface area contributed by atoms with Gasteiger partial charge in [-0.25, -0.2) is 0 Å². The molecule has 1 atom stereocenters. The number of hydrogen-bond donors (Lipinski definition) is 0. The molecular weight excluding hydrogens is 721 g/mol. The van der Waals surface area contributed by atoms with Gasteiger partial charge in [-0.2, -0.15) is 0 Å². The molecule has 6 heteroatoms. The summed E-state index contributed by atoms with van der Waals surface area (Å²) in [5.41, 5.74) is 0. The third kappa shape index (κ3) is 44.5. The van der Waals surface area contributed by atoms with Gasteiger partial charge in [-0.15, -0.1) is 0 Å². The first-order chi connectivity index (χ1) is 28.5. The van der Waals surface area contributed by atoms with Crippen molar-refractivity contribution in [2.75, 3.05) is 13.2 Å².